The smallest absolute Gasteiger partial charge is 0.270 e. The second kappa shape index (κ2) is 6.75. The summed E-state index contributed by atoms with van der Waals surface area (Å²) in [4.78, 5) is 23.1. The monoisotopic (exact) mass is 312 g/mol. The fraction of sp³-hybridized carbons (Fsp3) is 0.353. The number of hydrogen-bond donors (Lipinski definition) is 1. The predicted molar refractivity (Wildman–Crippen MR) is 87.4 cm³/mol. The Labute approximate surface area is 135 Å². The van der Waals surface area contributed by atoms with Crippen molar-refractivity contribution in [1.29, 1.82) is 0 Å². The number of rotatable bonds is 5. The van der Waals surface area contributed by atoms with E-state index in [1.165, 1.54) is 0 Å². The van der Waals surface area contributed by atoms with Gasteiger partial charge in [0.05, 0.1) is 12.6 Å². The number of likely N-dealkylation sites (tertiary alicyclic amines) is 1. The standard InChI is InChI=1S/C17H20N4O2/c1-3-23-15-7-6-14(17(22)19-13-10-21(2)11-13)20-16(15)12-5-4-8-18-9-12/h4-9,13H,3,10-11H2,1-2H3,(H,19,22). The molecule has 3 rings (SSSR count). The minimum absolute atomic E-state index is 0.156. The summed E-state index contributed by atoms with van der Waals surface area (Å²) in [6.07, 6.45) is 3.42. The number of pyridine rings is 2. The molecule has 0 aliphatic carbocycles. The van der Waals surface area contributed by atoms with E-state index in [9.17, 15) is 4.79 Å². The van der Waals surface area contributed by atoms with Crippen molar-refractivity contribution in [3.63, 3.8) is 0 Å². The van der Waals surface area contributed by atoms with Gasteiger partial charge in [-0.1, -0.05) is 0 Å². The summed E-state index contributed by atoms with van der Waals surface area (Å²) >= 11 is 0. The quantitative estimate of drug-likeness (QED) is 0.908. The van der Waals surface area contributed by atoms with Crippen molar-refractivity contribution >= 4 is 5.91 Å². The Bertz CT molecular complexity index is 684. The molecular formula is C17H20N4O2. The third-order valence-electron chi connectivity index (χ3n) is 3.73. The molecule has 120 valence electrons. The summed E-state index contributed by atoms with van der Waals surface area (Å²) in [7, 11) is 2.03. The van der Waals surface area contributed by atoms with Crippen LogP contribution in [0, 0.1) is 0 Å². The molecule has 1 fully saturated rings. The fourth-order valence-electron chi connectivity index (χ4n) is 2.60. The zero-order valence-electron chi connectivity index (χ0n) is 13.3. The normalized spacial score (nSPS) is 15.0. The Kier molecular flexibility index (Phi) is 4.52. The Balaban J connectivity index is 1.86. The molecule has 1 saturated heterocycles. The number of nitrogens with zero attached hydrogens (tertiary/aromatic N) is 3. The summed E-state index contributed by atoms with van der Waals surface area (Å²) < 4.78 is 5.62. The molecule has 6 nitrogen and oxygen atoms in total. The van der Waals surface area contributed by atoms with Crippen LogP contribution in [-0.4, -0.2) is 53.6 Å². The summed E-state index contributed by atoms with van der Waals surface area (Å²) in [5, 5.41) is 2.99. The molecule has 0 saturated carbocycles. The number of carbonyl (C=O) groups is 1. The molecule has 1 aliphatic rings. The average molecular weight is 312 g/mol. The lowest BCUT2D eigenvalue weighted by Gasteiger charge is -2.36. The lowest BCUT2D eigenvalue weighted by atomic mass is 10.1. The number of amides is 1. The Morgan fingerprint density at radius 3 is 2.87 bits per heavy atom. The summed E-state index contributed by atoms with van der Waals surface area (Å²) in [6.45, 7) is 4.20. The van der Waals surface area contributed by atoms with Crippen LogP contribution in [0.5, 0.6) is 5.75 Å². The van der Waals surface area contributed by atoms with Crippen LogP contribution in [0.1, 0.15) is 17.4 Å². The average Bonchev–Trinajstić information content (AvgIpc) is 2.55. The van der Waals surface area contributed by atoms with Crippen molar-refractivity contribution in [2.24, 2.45) is 0 Å². The van der Waals surface area contributed by atoms with Gasteiger partial charge in [0.25, 0.3) is 5.91 Å². The number of carbonyl (C=O) groups excluding carboxylic acids is 1. The molecule has 0 unspecified atom stereocenters. The van der Waals surface area contributed by atoms with E-state index in [1.54, 1.807) is 24.5 Å². The van der Waals surface area contributed by atoms with E-state index in [2.05, 4.69) is 20.2 Å². The number of aromatic nitrogens is 2. The summed E-state index contributed by atoms with van der Waals surface area (Å²) in [5.41, 5.74) is 1.86. The third kappa shape index (κ3) is 3.48. The first kappa shape index (κ1) is 15.4. The van der Waals surface area contributed by atoms with E-state index in [0.717, 1.165) is 18.7 Å². The molecule has 0 atom stereocenters. The van der Waals surface area contributed by atoms with E-state index < -0.39 is 0 Å². The van der Waals surface area contributed by atoms with Crippen molar-refractivity contribution in [1.82, 2.24) is 20.2 Å². The van der Waals surface area contributed by atoms with Crippen LogP contribution in [0.3, 0.4) is 0 Å². The number of likely N-dealkylation sites (N-methyl/N-ethyl adjacent to an activating group) is 1. The van der Waals surface area contributed by atoms with E-state index in [1.807, 2.05) is 26.1 Å². The number of ether oxygens (including phenoxy) is 1. The molecule has 1 amide bonds. The van der Waals surface area contributed by atoms with Crippen molar-refractivity contribution in [2.45, 2.75) is 13.0 Å². The summed E-state index contributed by atoms with van der Waals surface area (Å²) in [5.74, 6) is 0.497. The Morgan fingerprint density at radius 1 is 1.39 bits per heavy atom. The Hall–Kier alpha value is -2.47. The van der Waals surface area contributed by atoms with E-state index in [4.69, 9.17) is 4.74 Å². The van der Waals surface area contributed by atoms with Crippen LogP contribution < -0.4 is 10.1 Å². The highest BCUT2D eigenvalue weighted by atomic mass is 16.5. The molecule has 0 spiro atoms. The van der Waals surface area contributed by atoms with E-state index >= 15 is 0 Å². The molecule has 1 N–H and O–H groups in total. The van der Waals surface area contributed by atoms with Crippen LogP contribution in [0.2, 0.25) is 0 Å². The van der Waals surface area contributed by atoms with Crippen molar-refractivity contribution in [3.05, 3.63) is 42.4 Å². The highest BCUT2D eigenvalue weighted by Gasteiger charge is 2.25. The third-order valence-corrected chi connectivity index (χ3v) is 3.73. The van der Waals surface area contributed by atoms with Crippen molar-refractivity contribution in [3.8, 4) is 17.0 Å². The predicted octanol–water partition coefficient (Wildman–Crippen LogP) is 1.59. The maximum Gasteiger partial charge on any atom is 0.270 e. The second-order valence-corrected chi connectivity index (χ2v) is 5.61. The topological polar surface area (TPSA) is 67.3 Å². The van der Waals surface area contributed by atoms with Crippen LogP contribution in [0.25, 0.3) is 11.3 Å². The van der Waals surface area contributed by atoms with Crippen molar-refractivity contribution < 1.29 is 9.53 Å². The molecule has 0 radical (unpaired) electrons. The van der Waals surface area contributed by atoms with Crippen LogP contribution >= 0.6 is 0 Å². The van der Waals surface area contributed by atoms with Gasteiger partial charge in [0.2, 0.25) is 0 Å². The molecular weight excluding hydrogens is 292 g/mol. The van der Waals surface area contributed by atoms with Gasteiger partial charge in [-0.15, -0.1) is 0 Å². The van der Waals surface area contributed by atoms with Gasteiger partial charge in [-0.25, -0.2) is 4.98 Å². The van der Waals surface area contributed by atoms with Gasteiger partial charge in [-0.05, 0) is 38.2 Å². The molecule has 23 heavy (non-hydrogen) atoms. The summed E-state index contributed by atoms with van der Waals surface area (Å²) in [6, 6.07) is 7.43. The minimum Gasteiger partial charge on any atom is -0.492 e. The zero-order chi connectivity index (χ0) is 16.2. The van der Waals surface area contributed by atoms with E-state index in [-0.39, 0.29) is 11.9 Å². The molecule has 6 heteroatoms. The molecule has 2 aromatic heterocycles. The first-order valence-corrected chi connectivity index (χ1v) is 7.71. The minimum atomic E-state index is -0.156. The lowest BCUT2D eigenvalue weighted by Crippen LogP contribution is -2.57. The fourth-order valence-corrected chi connectivity index (χ4v) is 2.60. The van der Waals surface area contributed by atoms with Gasteiger partial charge in [0.15, 0.2) is 0 Å². The first-order chi connectivity index (χ1) is 11.2. The number of hydrogen-bond acceptors (Lipinski definition) is 5. The van der Waals surface area contributed by atoms with Crippen LogP contribution in [0.15, 0.2) is 36.7 Å². The molecule has 1 aliphatic heterocycles. The van der Waals surface area contributed by atoms with E-state index in [0.29, 0.717) is 23.7 Å². The maximum absolute atomic E-state index is 12.4. The van der Waals surface area contributed by atoms with Crippen LogP contribution in [0.4, 0.5) is 0 Å². The van der Waals surface area contributed by atoms with Gasteiger partial charge < -0.3 is 15.0 Å². The highest BCUT2D eigenvalue weighted by molar-refractivity contribution is 5.93. The Morgan fingerprint density at radius 2 is 2.22 bits per heavy atom. The van der Waals surface area contributed by atoms with Gasteiger partial charge in [-0.3, -0.25) is 9.78 Å². The van der Waals surface area contributed by atoms with Crippen LogP contribution in [-0.2, 0) is 0 Å². The largest absolute Gasteiger partial charge is 0.492 e. The van der Waals surface area contributed by atoms with Crippen molar-refractivity contribution in [2.75, 3.05) is 26.7 Å². The molecule has 3 heterocycles. The van der Waals surface area contributed by atoms with Gasteiger partial charge in [-0.2, -0.15) is 0 Å². The molecule has 0 aromatic carbocycles. The highest BCUT2D eigenvalue weighted by Crippen LogP contribution is 2.27. The van der Waals surface area contributed by atoms with Gasteiger partial charge >= 0.3 is 0 Å². The van der Waals surface area contributed by atoms with Gasteiger partial charge in [0.1, 0.15) is 17.1 Å². The SMILES string of the molecule is CCOc1ccc(C(=O)NC2CN(C)C2)nc1-c1cccnc1. The molecule has 2 aromatic rings. The maximum atomic E-state index is 12.4. The second-order valence-electron chi connectivity index (χ2n) is 5.61. The van der Waals surface area contributed by atoms with Gasteiger partial charge in [0, 0.05) is 31.0 Å². The zero-order valence-corrected chi connectivity index (χ0v) is 13.3. The number of nitrogens with one attached hydrogen (secondary N) is 1. The first-order valence-electron chi connectivity index (χ1n) is 7.71. The molecule has 0 bridgehead atoms. The lowest BCUT2D eigenvalue weighted by molar-refractivity contribution is 0.0853.